The summed E-state index contributed by atoms with van der Waals surface area (Å²) in [5, 5.41) is 3.69. The normalized spacial score (nSPS) is 10.5. The number of nitrogens with one attached hydrogen (secondary N) is 2. The van der Waals surface area contributed by atoms with E-state index in [0.717, 1.165) is 20.9 Å². The van der Waals surface area contributed by atoms with Crippen molar-refractivity contribution in [3.63, 3.8) is 0 Å². The van der Waals surface area contributed by atoms with Gasteiger partial charge in [0.25, 0.3) is 5.56 Å². The van der Waals surface area contributed by atoms with Crippen molar-refractivity contribution in [1.82, 2.24) is 14.5 Å². The number of benzene rings is 1. The molecule has 0 spiro atoms. The summed E-state index contributed by atoms with van der Waals surface area (Å²) in [6, 6.07) is 14.4. The zero-order valence-corrected chi connectivity index (χ0v) is 14.5. The monoisotopic (exact) mass is 368 g/mol. The van der Waals surface area contributed by atoms with Crippen LogP contribution >= 0.6 is 11.8 Å². The Hall–Kier alpha value is -3.13. The van der Waals surface area contributed by atoms with Crippen molar-refractivity contribution in [1.29, 1.82) is 0 Å². The lowest BCUT2D eigenvalue weighted by Crippen LogP contribution is -2.32. The number of hydrogen-bond acceptors (Lipinski definition) is 5. The summed E-state index contributed by atoms with van der Waals surface area (Å²) >= 11 is 1.60. The average molecular weight is 368 g/mol. The fourth-order valence-electron chi connectivity index (χ4n) is 2.25. The number of anilines is 1. The van der Waals surface area contributed by atoms with Crippen molar-refractivity contribution in [2.24, 2.45) is 0 Å². The number of pyridine rings is 1. The Morgan fingerprint density at radius 1 is 1.15 bits per heavy atom. The molecule has 0 saturated heterocycles. The standard InChI is InChI=1S/C18H16N4O3S/c23-15-7-9-22(18(25)21-15)11-16(24)20-14-5-3-4-13(10-14)12-26-17-6-1-2-8-19-17/h1-10H,11-12H2,(H,20,24)(H,21,23,25). The van der Waals surface area contributed by atoms with E-state index in [-0.39, 0.29) is 12.5 Å². The molecule has 0 saturated carbocycles. The van der Waals surface area contributed by atoms with Crippen molar-refractivity contribution in [3.8, 4) is 0 Å². The summed E-state index contributed by atoms with van der Waals surface area (Å²) in [5.74, 6) is 0.369. The third-order valence-electron chi connectivity index (χ3n) is 3.45. The largest absolute Gasteiger partial charge is 0.328 e. The van der Waals surface area contributed by atoms with Crippen LogP contribution in [0.2, 0.25) is 0 Å². The molecule has 3 rings (SSSR count). The van der Waals surface area contributed by atoms with Gasteiger partial charge in [-0.3, -0.25) is 19.1 Å². The maximum Gasteiger partial charge on any atom is 0.328 e. The molecule has 0 bridgehead atoms. The Bertz CT molecular complexity index is 1010. The van der Waals surface area contributed by atoms with Gasteiger partial charge in [-0.1, -0.05) is 18.2 Å². The maximum absolute atomic E-state index is 12.1. The van der Waals surface area contributed by atoms with E-state index in [1.165, 1.54) is 12.3 Å². The van der Waals surface area contributed by atoms with E-state index >= 15 is 0 Å². The summed E-state index contributed by atoms with van der Waals surface area (Å²) in [6.45, 7) is -0.178. The van der Waals surface area contributed by atoms with Crippen molar-refractivity contribution >= 4 is 23.4 Å². The fraction of sp³-hybridized carbons (Fsp3) is 0.111. The molecule has 0 aliphatic carbocycles. The Labute approximate surface area is 153 Å². The van der Waals surface area contributed by atoms with Crippen LogP contribution in [0.3, 0.4) is 0 Å². The Morgan fingerprint density at radius 2 is 2.04 bits per heavy atom. The first-order chi connectivity index (χ1) is 12.6. The summed E-state index contributed by atoms with van der Waals surface area (Å²) in [4.78, 5) is 41.2. The first-order valence-electron chi connectivity index (χ1n) is 7.82. The Morgan fingerprint density at radius 3 is 2.81 bits per heavy atom. The minimum Gasteiger partial charge on any atom is -0.325 e. The number of aromatic nitrogens is 3. The maximum atomic E-state index is 12.1. The molecule has 8 heteroatoms. The highest BCUT2D eigenvalue weighted by Crippen LogP contribution is 2.22. The molecule has 2 N–H and O–H groups in total. The third kappa shape index (κ3) is 4.93. The summed E-state index contributed by atoms with van der Waals surface area (Å²) in [6.07, 6.45) is 3.04. The van der Waals surface area contributed by atoms with Crippen LogP contribution in [0.15, 0.2) is 75.5 Å². The van der Waals surface area contributed by atoms with Crippen molar-refractivity contribution in [2.75, 3.05) is 5.32 Å². The molecule has 0 unspecified atom stereocenters. The van der Waals surface area contributed by atoms with Crippen LogP contribution in [0, 0.1) is 0 Å². The summed E-state index contributed by atoms with van der Waals surface area (Å²) in [5.41, 5.74) is 0.573. The predicted octanol–water partition coefficient (Wildman–Crippen LogP) is 1.86. The van der Waals surface area contributed by atoms with E-state index in [4.69, 9.17) is 0 Å². The van der Waals surface area contributed by atoms with E-state index in [0.29, 0.717) is 5.69 Å². The van der Waals surface area contributed by atoms with Gasteiger partial charge in [0.2, 0.25) is 5.91 Å². The SMILES string of the molecule is O=C(Cn1ccc(=O)[nH]c1=O)Nc1cccc(CSc2ccccn2)c1. The molecular weight excluding hydrogens is 352 g/mol. The molecule has 7 nitrogen and oxygen atoms in total. The average Bonchev–Trinajstić information content (AvgIpc) is 2.63. The molecule has 1 amide bonds. The number of amides is 1. The predicted molar refractivity (Wildman–Crippen MR) is 100 cm³/mol. The van der Waals surface area contributed by atoms with Crippen LogP contribution in [-0.2, 0) is 17.1 Å². The number of hydrogen-bond donors (Lipinski definition) is 2. The van der Waals surface area contributed by atoms with Gasteiger partial charge in [-0.05, 0) is 29.8 Å². The van der Waals surface area contributed by atoms with Gasteiger partial charge in [-0.15, -0.1) is 11.8 Å². The molecule has 1 aromatic carbocycles. The van der Waals surface area contributed by atoms with Crippen LogP contribution in [-0.4, -0.2) is 20.4 Å². The van der Waals surface area contributed by atoms with Crippen LogP contribution < -0.4 is 16.6 Å². The highest BCUT2D eigenvalue weighted by Gasteiger charge is 2.06. The third-order valence-corrected chi connectivity index (χ3v) is 4.46. The first-order valence-corrected chi connectivity index (χ1v) is 8.81. The highest BCUT2D eigenvalue weighted by atomic mass is 32.2. The number of rotatable bonds is 6. The molecule has 0 atom stereocenters. The molecule has 2 aromatic heterocycles. The van der Waals surface area contributed by atoms with Gasteiger partial charge in [0.1, 0.15) is 6.54 Å². The summed E-state index contributed by atoms with van der Waals surface area (Å²) in [7, 11) is 0. The lowest BCUT2D eigenvalue weighted by atomic mass is 10.2. The minimum absolute atomic E-state index is 0.178. The lowest BCUT2D eigenvalue weighted by Gasteiger charge is -2.08. The number of carbonyl (C=O) groups excluding carboxylic acids is 1. The molecule has 0 aliphatic heterocycles. The van der Waals surface area contributed by atoms with E-state index in [9.17, 15) is 14.4 Å². The van der Waals surface area contributed by atoms with Crippen LogP contribution in [0.25, 0.3) is 0 Å². The highest BCUT2D eigenvalue weighted by molar-refractivity contribution is 7.98. The molecular formula is C18H16N4O3S. The van der Waals surface area contributed by atoms with Crippen LogP contribution in [0.5, 0.6) is 0 Å². The molecule has 132 valence electrons. The van der Waals surface area contributed by atoms with Crippen molar-refractivity contribution < 1.29 is 4.79 Å². The molecule has 26 heavy (non-hydrogen) atoms. The number of carbonyl (C=O) groups is 1. The first kappa shape index (κ1) is 17.7. The van der Waals surface area contributed by atoms with Crippen LogP contribution in [0.1, 0.15) is 5.56 Å². The van der Waals surface area contributed by atoms with Gasteiger partial charge in [0, 0.05) is 29.9 Å². The second-order valence-electron chi connectivity index (χ2n) is 5.44. The number of aromatic amines is 1. The second-order valence-corrected chi connectivity index (χ2v) is 6.44. The van der Waals surface area contributed by atoms with Gasteiger partial charge >= 0.3 is 5.69 Å². The lowest BCUT2D eigenvalue weighted by molar-refractivity contribution is -0.116. The van der Waals surface area contributed by atoms with Crippen molar-refractivity contribution in [2.45, 2.75) is 17.3 Å². The smallest absolute Gasteiger partial charge is 0.325 e. The van der Waals surface area contributed by atoms with E-state index in [1.54, 1.807) is 24.0 Å². The van der Waals surface area contributed by atoms with Gasteiger partial charge in [-0.25, -0.2) is 9.78 Å². The molecule has 0 aliphatic rings. The molecule has 0 radical (unpaired) electrons. The van der Waals surface area contributed by atoms with Gasteiger partial charge < -0.3 is 5.32 Å². The number of nitrogens with zero attached hydrogens (tertiary/aromatic N) is 2. The molecule has 2 heterocycles. The molecule has 3 aromatic rings. The minimum atomic E-state index is -0.617. The number of H-pyrrole nitrogens is 1. The zero-order chi connectivity index (χ0) is 18.4. The van der Waals surface area contributed by atoms with Gasteiger partial charge in [-0.2, -0.15) is 0 Å². The van der Waals surface area contributed by atoms with E-state index in [1.807, 2.05) is 36.4 Å². The van der Waals surface area contributed by atoms with Crippen molar-refractivity contribution in [3.05, 3.63) is 87.3 Å². The van der Waals surface area contributed by atoms with Crippen LogP contribution in [0.4, 0.5) is 5.69 Å². The Balaban J connectivity index is 1.61. The van der Waals surface area contributed by atoms with Gasteiger partial charge in [0.05, 0.1) is 5.03 Å². The number of thioether (sulfide) groups is 1. The quantitative estimate of drug-likeness (QED) is 0.648. The zero-order valence-electron chi connectivity index (χ0n) is 13.7. The Kier molecular flexibility index (Phi) is 5.65. The fourth-order valence-corrected chi connectivity index (χ4v) is 3.06. The summed E-state index contributed by atoms with van der Waals surface area (Å²) < 4.78 is 1.14. The second kappa shape index (κ2) is 8.30. The topological polar surface area (TPSA) is 96.9 Å². The van der Waals surface area contributed by atoms with E-state index in [2.05, 4.69) is 15.3 Å². The van der Waals surface area contributed by atoms with E-state index < -0.39 is 11.2 Å². The van der Waals surface area contributed by atoms with Gasteiger partial charge in [0.15, 0.2) is 0 Å². The molecule has 0 fully saturated rings.